The Morgan fingerprint density at radius 1 is 1.56 bits per heavy atom. The molecule has 2 rings (SSSR count). The van der Waals surface area contributed by atoms with E-state index in [-0.39, 0.29) is 11.6 Å². The third kappa shape index (κ3) is 1.60. The molecule has 0 aliphatic heterocycles. The Hall–Kier alpha value is -2.38. The van der Waals surface area contributed by atoms with E-state index in [0.29, 0.717) is 11.8 Å². The van der Waals surface area contributed by atoms with Gasteiger partial charge in [-0.1, -0.05) is 0 Å². The summed E-state index contributed by atoms with van der Waals surface area (Å²) in [5, 5.41) is 17.3. The van der Waals surface area contributed by atoms with Crippen LogP contribution in [0, 0.1) is 10.1 Å². The summed E-state index contributed by atoms with van der Waals surface area (Å²) in [4.78, 5) is 13.9. The normalized spacial score (nSPS) is 10.4. The van der Waals surface area contributed by atoms with Crippen molar-refractivity contribution in [3.05, 3.63) is 22.2 Å². The third-order valence-electron chi connectivity index (χ3n) is 1.98. The van der Waals surface area contributed by atoms with Crippen LogP contribution in [-0.4, -0.2) is 26.7 Å². The number of aryl methyl sites for hydroxylation is 1. The second-order valence-corrected chi connectivity index (χ2v) is 3.03. The van der Waals surface area contributed by atoms with Gasteiger partial charge in [-0.2, -0.15) is 4.98 Å². The number of nitrogens with zero attached hydrogens (tertiary/aromatic N) is 4. The zero-order valence-corrected chi connectivity index (χ0v) is 8.67. The molecule has 1 N–H and O–H groups in total. The van der Waals surface area contributed by atoms with Gasteiger partial charge in [0.15, 0.2) is 5.76 Å². The Kier molecular flexibility index (Phi) is 2.31. The SMILES string of the molecule is CNc1nc(-c2ccc([N+](=O)[O-])o2)nn1C. The molecule has 0 aromatic carbocycles. The minimum absolute atomic E-state index is 0.267. The summed E-state index contributed by atoms with van der Waals surface area (Å²) in [6.45, 7) is 0. The van der Waals surface area contributed by atoms with Crippen LogP contribution in [0.4, 0.5) is 11.8 Å². The van der Waals surface area contributed by atoms with Gasteiger partial charge in [0, 0.05) is 14.1 Å². The van der Waals surface area contributed by atoms with Crippen molar-refractivity contribution in [1.29, 1.82) is 0 Å². The molecule has 0 saturated carbocycles. The number of hydrogen-bond acceptors (Lipinski definition) is 6. The minimum Gasteiger partial charge on any atom is -0.397 e. The summed E-state index contributed by atoms with van der Waals surface area (Å²) in [7, 11) is 3.41. The Morgan fingerprint density at radius 3 is 2.81 bits per heavy atom. The van der Waals surface area contributed by atoms with E-state index >= 15 is 0 Å². The fourth-order valence-corrected chi connectivity index (χ4v) is 1.25. The highest BCUT2D eigenvalue weighted by atomic mass is 16.6. The third-order valence-corrected chi connectivity index (χ3v) is 1.98. The van der Waals surface area contributed by atoms with E-state index in [9.17, 15) is 10.1 Å². The first-order chi connectivity index (χ1) is 7.61. The quantitative estimate of drug-likeness (QED) is 0.616. The lowest BCUT2D eigenvalue weighted by Gasteiger charge is -1.93. The minimum atomic E-state index is -0.606. The van der Waals surface area contributed by atoms with Crippen LogP contribution in [0.3, 0.4) is 0 Å². The van der Waals surface area contributed by atoms with Gasteiger partial charge in [0.25, 0.3) is 0 Å². The first-order valence-electron chi connectivity index (χ1n) is 4.45. The molecule has 2 aromatic heterocycles. The molecule has 0 aliphatic rings. The van der Waals surface area contributed by atoms with Crippen molar-refractivity contribution in [2.75, 3.05) is 12.4 Å². The van der Waals surface area contributed by atoms with Gasteiger partial charge in [0.05, 0.1) is 6.07 Å². The fraction of sp³-hybridized carbons (Fsp3) is 0.250. The molecule has 0 saturated heterocycles. The molecule has 2 aromatic rings. The van der Waals surface area contributed by atoms with Crippen LogP contribution in [0.15, 0.2) is 16.5 Å². The van der Waals surface area contributed by atoms with E-state index in [1.807, 2.05) is 0 Å². The van der Waals surface area contributed by atoms with Crippen molar-refractivity contribution in [2.45, 2.75) is 0 Å². The van der Waals surface area contributed by atoms with Crippen molar-refractivity contribution >= 4 is 11.8 Å². The van der Waals surface area contributed by atoms with E-state index in [1.54, 1.807) is 14.1 Å². The van der Waals surface area contributed by atoms with Crippen molar-refractivity contribution in [3.63, 3.8) is 0 Å². The average molecular weight is 223 g/mol. The first-order valence-corrected chi connectivity index (χ1v) is 4.45. The Morgan fingerprint density at radius 2 is 2.31 bits per heavy atom. The molecular formula is C8H9N5O3. The molecule has 0 fully saturated rings. The molecular weight excluding hydrogens is 214 g/mol. The summed E-state index contributed by atoms with van der Waals surface area (Å²) in [6.07, 6.45) is 0. The van der Waals surface area contributed by atoms with Crippen LogP contribution in [0.25, 0.3) is 11.6 Å². The maximum Gasteiger partial charge on any atom is 0.433 e. The molecule has 0 unspecified atom stereocenters. The molecule has 0 radical (unpaired) electrons. The molecule has 0 aliphatic carbocycles. The predicted octanol–water partition coefficient (Wildman–Crippen LogP) is 1.02. The van der Waals surface area contributed by atoms with Crippen molar-refractivity contribution in [3.8, 4) is 11.6 Å². The highest BCUT2D eigenvalue weighted by molar-refractivity contribution is 5.50. The summed E-state index contributed by atoms with van der Waals surface area (Å²) < 4.78 is 6.50. The lowest BCUT2D eigenvalue weighted by Crippen LogP contribution is -1.98. The number of furan rings is 1. The molecule has 16 heavy (non-hydrogen) atoms. The largest absolute Gasteiger partial charge is 0.433 e. The maximum atomic E-state index is 10.4. The number of aromatic nitrogens is 3. The zero-order valence-electron chi connectivity index (χ0n) is 8.67. The Labute approximate surface area is 90.0 Å². The number of nitro groups is 1. The van der Waals surface area contributed by atoms with Crippen LogP contribution in [0.2, 0.25) is 0 Å². The van der Waals surface area contributed by atoms with E-state index in [2.05, 4.69) is 15.4 Å². The van der Waals surface area contributed by atoms with Crippen LogP contribution in [0.5, 0.6) is 0 Å². The van der Waals surface area contributed by atoms with Gasteiger partial charge >= 0.3 is 5.88 Å². The summed E-state index contributed by atoms with van der Waals surface area (Å²) in [5.41, 5.74) is 0. The summed E-state index contributed by atoms with van der Waals surface area (Å²) in [6, 6.07) is 2.73. The predicted molar refractivity (Wildman–Crippen MR) is 54.9 cm³/mol. The number of nitrogens with one attached hydrogen (secondary N) is 1. The first kappa shape index (κ1) is 10.1. The molecule has 8 heteroatoms. The lowest BCUT2D eigenvalue weighted by molar-refractivity contribution is -0.401. The molecule has 0 spiro atoms. The summed E-state index contributed by atoms with van der Waals surface area (Å²) >= 11 is 0. The monoisotopic (exact) mass is 223 g/mol. The summed E-state index contributed by atoms with van der Waals surface area (Å²) in [5.74, 6) is 0.797. The van der Waals surface area contributed by atoms with Crippen LogP contribution >= 0.6 is 0 Å². The van der Waals surface area contributed by atoms with Crippen LogP contribution < -0.4 is 5.32 Å². The average Bonchev–Trinajstić information content (AvgIpc) is 2.83. The number of anilines is 1. The standard InChI is InChI=1S/C8H9N5O3/c1-9-8-10-7(11-12(8)2)5-3-4-6(16-5)13(14)15/h3-4H,1-2H3,(H,9,10,11). The van der Waals surface area contributed by atoms with E-state index in [0.717, 1.165) is 0 Å². The van der Waals surface area contributed by atoms with E-state index < -0.39 is 4.92 Å². The second-order valence-electron chi connectivity index (χ2n) is 3.03. The van der Waals surface area contributed by atoms with Crippen molar-refractivity contribution < 1.29 is 9.34 Å². The molecule has 0 amide bonds. The van der Waals surface area contributed by atoms with Gasteiger partial charge in [0.2, 0.25) is 11.8 Å². The Bertz CT molecular complexity index is 530. The van der Waals surface area contributed by atoms with Gasteiger partial charge in [-0.3, -0.25) is 10.1 Å². The van der Waals surface area contributed by atoms with Crippen LogP contribution in [-0.2, 0) is 7.05 Å². The molecule has 2 heterocycles. The zero-order chi connectivity index (χ0) is 11.7. The molecule has 8 nitrogen and oxygen atoms in total. The smallest absolute Gasteiger partial charge is 0.397 e. The van der Waals surface area contributed by atoms with Crippen LogP contribution in [0.1, 0.15) is 0 Å². The fourth-order valence-electron chi connectivity index (χ4n) is 1.25. The molecule has 0 bridgehead atoms. The topological polar surface area (TPSA) is 99.0 Å². The van der Waals surface area contributed by atoms with Gasteiger partial charge in [-0.05, 0) is 6.07 Å². The lowest BCUT2D eigenvalue weighted by atomic mass is 10.4. The van der Waals surface area contributed by atoms with E-state index in [4.69, 9.17) is 4.42 Å². The highest BCUT2D eigenvalue weighted by Gasteiger charge is 2.17. The number of rotatable bonds is 3. The van der Waals surface area contributed by atoms with E-state index in [1.165, 1.54) is 16.8 Å². The number of hydrogen-bond donors (Lipinski definition) is 1. The maximum absolute atomic E-state index is 10.4. The van der Waals surface area contributed by atoms with Gasteiger partial charge in [-0.25, -0.2) is 4.68 Å². The Balaban J connectivity index is 2.38. The molecule has 84 valence electrons. The highest BCUT2D eigenvalue weighted by Crippen LogP contribution is 2.24. The van der Waals surface area contributed by atoms with Gasteiger partial charge < -0.3 is 9.73 Å². The van der Waals surface area contributed by atoms with Gasteiger partial charge in [0.1, 0.15) is 4.92 Å². The second kappa shape index (κ2) is 3.65. The van der Waals surface area contributed by atoms with Gasteiger partial charge in [-0.15, -0.1) is 5.10 Å². The van der Waals surface area contributed by atoms with Crippen molar-refractivity contribution in [2.24, 2.45) is 7.05 Å². The van der Waals surface area contributed by atoms with Crippen molar-refractivity contribution in [1.82, 2.24) is 14.8 Å². The molecule has 0 atom stereocenters.